The topological polar surface area (TPSA) is 32.3 Å². The lowest BCUT2D eigenvalue weighted by Gasteiger charge is -2.25. The van der Waals surface area contributed by atoms with Gasteiger partial charge in [-0.1, -0.05) is 18.2 Å². The van der Waals surface area contributed by atoms with Crippen molar-refractivity contribution in [2.45, 2.75) is 13.0 Å². The second kappa shape index (κ2) is 5.89. The number of thiophene rings is 1. The molecule has 0 saturated heterocycles. The van der Waals surface area contributed by atoms with Gasteiger partial charge in [-0.05, 0) is 30.5 Å². The van der Waals surface area contributed by atoms with Crippen LogP contribution in [0.3, 0.4) is 0 Å². The Bertz CT molecular complexity index is 551. The number of carbonyl (C=O) groups is 1. The molecule has 0 saturated carbocycles. The largest absolute Gasteiger partial charge is 0.387 e. The van der Waals surface area contributed by atoms with Crippen molar-refractivity contribution in [2.24, 2.45) is 0 Å². The summed E-state index contributed by atoms with van der Waals surface area (Å²) in [4.78, 5) is 15.5. The fourth-order valence-electron chi connectivity index (χ4n) is 1.97. The summed E-state index contributed by atoms with van der Waals surface area (Å²) < 4.78 is 0. The molecule has 1 unspecified atom stereocenters. The van der Waals surface area contributed by atoms with Crippen molar-refractivity contribution in [1.29, 1.82) is 0 Å². The van der Waals surface area contributed by atoms with Crippen LogP contribution in [0.15, 0.2) is 41.8 Å². The van der Waals surface area contributed by atoms with Crippen LogP contribution in [0.25, 0.3) is 0 Å². The van der Waals surface area contributed by atoms with E-state index in [4.69, 9.17) is 0 Å². The third-order valence-electron chi connectivity index (χ3n) is 3.28. The van der Waals surface area contributed by atoms with Gasteiger partial charge in [0.1, 0.15) is 0 Å². The second-order valence-corrected chi connectivity index (χ2v) is 5.38. The maximum Gasteiger partial charge on any atom is 0.256 e. The maximum atomic E-state index is 12.6. The van der Waals surface area contributed by atoms with Crippen LogP contribution < -0.4 is 5.32 Å². The molecule has 0 fully saturated rings. The van der Waals surface area contributed by atoms with E-state index < -0.39 is 0 Å². The summed E-state index contributed by atoms with van der Waals surface area (Å²) in [5, 5.41) is 5.09. The lowest BCUT2D eigenvalue weighted by Crippen LogP contribution is -2.29. The van der Waals surface area contributed by atoms with Crippen LogP contribution in [0.4, 0.5) is 5.69 Å². The summed E-state index contributed by atoms with van der Waals surface area (Å²) in [6, 6.07) is 11.7. The highest BCUT2D eigenvalue weighted by Gasteiger charge is 2.21. The number of nitrogens with zero attached hydrogens (tertiary/aromatic N) is 1. The number of nitrogens with one attached hydrogen (secondary N) is 1. The number of benzene rings is 1. The van der Waals surface area contributed by atoms with Crippen molar-refractivity contribution in [1.82, 2.24) is 4.90 Å². The molecule has 100 valence electrons. The third kappa shape index (κ3) is 2.79. The number of anilines is 1. The first-order chi connectivity index (χ1) is 9.15. The van der Waals surface area contributed by atoms with Crippen LogP contribution >= 0.6 is 11.3 Å². The Labute approximate surface area is 117 Å². The molecule has 1 aromatic heterocycles. The van der Waals surface area contributed by atoms with Crippen LogP contribution in [-0.2, 0) is 0 Å². The van der Waals surface area contributed by atoms with E-state index in [-0.39, 0.29) is 11.9 Å². The van der Waals surface area contributed by atoms with Gasteiger partial charge in [-0.25, -0.2) is 0 Å². The number of para-hydroxylation sites is 1. The lowest BCUT2D eigenvalue weighted by atomic mass is 10.1. The van der Waals surface area contributed by atoms with Crippen molar-refractivity contribution in [3.8, 4) is 0 Å². The average Bonchev–Trinajstić information content (AvgIpc) is 2.99. The summed E-state index contributed by atoms with van der Waals surface area (Å²) in [5.41, 5.74) is 1.56. The predicted octanol–water partition coefficient (Wildman–Crippen LogP) is 3.62. The van der Waals surface area contributed by atoms with E-state index in [9.17, 15) is 4.79 Å². The minimum Gasteiger partial charge on any atom is -0.387 e. The monoisotopic (exact) mass is 274 g/mol. The van der Waals surface area contributed by atoms with Gasteiger partial charge < -0.3 is 10.2 Å². The van der Waals surface area contributed by atoms with Crippen LogP contribution in [0.5, 0.6) is 0 Å². The van der Waals surface area contributed by atoms with E-state index in [1.54, 1.807) is 16.2 Å². The summed E-state index contributed by atoms with van der Waals surface area (Å²) in [6.45, 7) is 2.05. The van der Waals surface area contributed by atoms with Gasteiger partial charge in [0.05, 0.1) is 11.6 Å². The Hall–Kier alpha value is -1.81. The van der Waals surface area contributed by atoms with Gasteiger partial charge in [0.15, 0.2) is 0 Å². The van der Waals surface area contributed by atoms with E-state index in [0.717, 1.165) is 5.69 Å². The highest BCUT2D eigenvalue weighted by atomic mass is 32.1. The molecule has 0 aliphatic carbocycles. The molecule has 0 aliphatic rings. The molecular weight excluding hydrogens is 256 g/mol. The molecule has 2 aromatic rings. The van der Waals surface area contributed by atoms with Gasteiger partial charge in [0.2, 0.25) is 0 Å². The van der Waals surface area contributed by atoms with Crippen LogP contribution in [-0.4, -0.2) is 24.9 Å². The van der Waals surface area contributed by atoms with Crippen molar-refractivity contribution in [2.75, 3.05) is 19.4 Å². The minimum absolute atomic E-state index is 0.0332. The zero-order chi connectivity index (χ0) is 13.8. The zero-order valence-corrected chi connectivity index (χ0v) is 12.2. The smallest absolute Gasteiger partial charge is 0.256 e. The molecule has 1 amide bonds. The van der Waals surface area contributed by atoms with Gasteiger partial charge in [-0.3, -0.25) is 4.79 Å². The van der Waals surface area contributed by atoms with Crippen molar-refractivity contribution < 1.29 is 4.79 Å². The molecule has 19 heavy (non-hydrogen) atoms. The lowest BCUT2D eigenvalue weighted by molar-refractivity contribution is 0.0746. The molecule has 0 aliphatic heterocycles. The fourth-order valence-corrected chi connectivity index (χ4v) is 2.80. The molecule has 1 N–H and O–H groups in total. The molecule has 1 heterocycles. The molecule has 3 nitrogen and oxygen atoms in total. The van der Waals surface area contributed by atoms with E-state index in [2.05, 4.69) is 11.4 Å². The van der Waals surface area contributed by atoms with Gasteiger partial charge in [0.25, 0.3) is 5.91 Å². The highest BCUT2D eigenvalue weighted by molar-refractivity contribution is 7.10. The summed E-state index contributed by atoms with van der Waals surface area (Å²) in [7, 11) is 3.67. The molecule has 1 atom stereocenters. The third-order valence-corrected chi connectivity index (χ3v) is 4.33. The first kappa shape index (κ1) is 13.6. The number of amides is 1. The van der Waals surface area contributed by atoms with Gasteiger partial charge in [0, 0.05) is 24.7 Å². The van der Waals surface area contributed by atoms with Gasteiger partial charge in [-0.2, -0.15) is 0 Å². The number of hydrogen-bond donors (Lipinski definition) is 1. The Morgan fingerprint density at radius 1 is 1.26 bits per heavy atom. The van der Waals surface area contributed by atoms with Crippen LogP contribution in [0, 0.1) is 0 Å². The SMILES string of the molecule is CNc1ccccc1C(=O)N(C)C(C)c1cccs1. The molecule has 4 heteroatoms. The first-order valence-electron chi connectivity index (χ1n) is 6.22. The average molecular weight is 274 g/mol. The summed E-state index contributed by atoms with van der Waals surface area (Å²) in [5.74, 6) is 0.0332. The number of hydrogen-bond acceptors (Lipinski definition) is 3. The van der Waals surface area contributed by atoms with Gasteiger partial charge >= 0.3 is 0 Å². The van der Waals surface area contributed by atoms with Crippen LogP contribution in [0.2, 0.25) is 0 Å². The Balaban J connectivity index is 2.24. The Morgan fingerprint density at radius 2 is 2.00 bits per heavy atom. The molecule has 0 radical (unpaired) electrons. The normalized spacial score (nSPS) is 11.9. The predicted molar refractivity (Wildman–Crippen MR) is 80.8 cm³/mol. The van der Waals surface area contributed by atoms with Crippen LogP contribution in [0.1, 0.15) is 28.2 Å². The highest BCUT2D eigenvalue weighted by Crippen LogP contribution is 2.26. The van der Waals surface area contributed by atoms with Crippen molar-refractivity contribution in [3.05, 3.63) is 52.2 Å². The van der Waals surface area contributed by atoms with Crippen molar-refractivity contribution in [3.63, 3.8) is 0 Å². The van der Waals surface area contributed by atoms with Gasteiger partial charge in [-0.15, -0.1) is 11.3 Å². The Morgan fingerprint density at radius 3 is 2.63 bits per heavy atom. The van der Waals surface area contributed by atoms with E-state index in [1.807, 2.05) is 56.7 Å². The second-order valence-electron chi connectivity index (χ2n) is 4.40. The van der Waals surface area contributed by atoms with E-state index in [0.29, 0.717) is 5.56 Å². The molecule has 2 rings (SSSR count). The van der Waals surface area contributed by atoms with E-state index in [1.165, 1.54) is 4.88 Å². The zero-order valence-electron chi connectivity index (χ0n) is 11.4. The summed E-state index contributed by atoms with van der Waals surface area (Å²) in [6.07, 6.45) is 0. The Kier molecular flexibility index (Phi) is 4.22. The van der Waals surface area contributed by atoms with E-state index >= 15 is 0 Å². The molecule has 1 aromatic carbocycles. The fraction of sp³-hybridized carbons (Fsp3) is 0.267. The minimum atomic E-state index is 0.0332. The first-order valence-corrected chi connectivity index (χ1v) is 7.10. The number of carbonyl (C=O) groups excluding carboxylic acids is 1. The van der Waals surface area contributed by atoms with Crippen molar-refractivity contribution >= 4 is 22.9 Å². The molecule has 0 spiro atoms. The molecular formula is C15H18N2OS. The molecule has 0 bridgehead atoms. The number of rotatable bonds is 4. The standard InChI is InChI=1S/C15H18N2OS/c1-11(14-9-6-10-19-14)17(3)15(18)12-7-4-5-8-13(12)16-2/h4-11,16H,1-3H3. The maximum absolute atomic E-state index is 12.6. The summed E-state index contributed by atoms with van der Waals surface area (Å²) >= 11 is 1.67. The quantitative estimate of drug-likeness (QED) is 0.923.